The molecule has 0 unspecified atom stereocenters. The molecule has 0 aliphatic carbocycles. The van der Waals surface area contributed by atoms with Crippen molar-refractivity contribution in [2.45, 2.75) is 33.4 Å². The lowest BCUT2D eigenvalue weighted by molar-refractivity contribution is 0.416. The molecule has 0 bridgehead atoms. The maximum absolute atomic E-state index is 11.8. The van der Waals surface area contributed by atoms with Crippen LogP contribution in [0.15, 0.2) is 29.1 Å². The first-order chi connectivity index (χ1) is 9.99. The van der Waals surface area contributed by atoms with Gasteiger partial charge in [0.15, 0.2) is 0 Å². The summed E-state index contributed by atoms with van der Waals surface area (Å²) in [6.07, 6.45) is 0. The number of benzene rings is 1. The van der Waals surface area contributed by atoms with E-state index in [2.05, 4.69) is 29.1 Å². The predicted molar refractivity (Wildman–Crippen MR) is 83.6 cm³/mol. The molecule has 1 aromatic heterocycles. The third-order valence-electron chi connectivity index (χ3n) is 3.10. The Hall–Kier alpha value is -2.14. The van der Waals surface area contributed by atoms with Crippen molar-refractivity contribution in [2.24, 2.45) is 0 Å². The van der Waals surface area contributed by atoms with Crippen LogP contribution in [-0.2, 0) is 6.54 Å². The Labute approximate surface area is 124 Å². The monoisotopic (exact) mass is 287 g/mol. The Morgan fingerprint density at radius 3 is 2.76 bits per heavy atom. The largest absolute Gasteiger partial charge is 0.496 e. The molecule has 0 amide bonds. The average Bonchev–Trinajstić information content (AvgIpc) is 2.44. The minimum Gasteiger partial charge on any atom is -0.496 e. The lowest BCUT2D eigenvalue weighted by Crippen LogP contribution is -2.24. The number of aromatic amines is 1. The topological polar surface area (TPSA) is 67.0 Å². The zero-order valence-electron chi connectivity index (χ0n) is 12.9. The van der Waals surface area contributed by atoms with Gasteiger partial charge in [0.1, 0.15) is 11.6 Å². The number of hydrogen-bond donors (Lipinski definition) is 2. The number of hydrogen-bond acceptors (Lipinski definition) is 4. The number of methoxy groups -OCH3 is 1. The highest BCUT2D eigenvalue weighted by atomic mass is 16.5. The van der Waals surface area contributed by atoms with Gasteiger partial charge in [-0.1, -0.05) is 19.9 Å². The third kappa shape index (κ3) is 3.92. The highest BCUT2D eigenvalue weighted by Gasteiger charge is 2.10. The summed E-state index contributed by atoms with van der Waals surface area (Å²) in [5.41, 5.74) is 2.43. The fourth-order valence-corrected chi connectivity index (χ4v) is 2.03. The molecule has 0 spiro atoms. The fourth-order valence-electron chi connectivity index (χ4n) is 2.03. The first-order valence-corrected chi connectivity index (χ1v) is 6.98. The van der Waals surface area contributed by atoms with E-state index in [0.717, 1.165) is 11.1 Å². The number of nitrogens with one attached hydrogen (secondary N) is 2. The quantitative estimate of drug-likeness (QED) is 0.885. The molecule has 0 radical (unpaired) electrons. The number of H-pyrrole nitrogens is 1. The minimum atomic E-state index is -0.164. The van der Waals surface area contributed by atoms with Crippen LogP contribution in [0, 0.1) is 6.92 Å². The summed E-state index contributed by atoms with van der Waals surface area (Å²) >= 11 is 0. The minimum absolute atomic E-state index is 0.164. The van der Waals surface area contributed by atoms with E-state index in [1.807, 2.05) is 25.1 Å². The standard InChI is InChI=1S/C16H21N3O2/c1-10(2)17-9-12-8-15(20)19-16(18-12)13-6-5-11(3)7-14(13)21-4/h5-8,10,17H,9H2,1-4H3,(H,18,19,20). The summed E-state index contributed by atoms with van der Waals surface area (Å²) in [6, 6.07) is 7.65. The number of aromatic nitrogens is 2. The van der Waals surface area contributed by atoms with Gasteiger partial charge < -0.3 is 15.0 Å². The van der Waals surface area contributed by atoms with Gasteiger partial charge in [0.25, 0.3) is 5.56 Å². The Bertz CT molecular complexity index is 677. The number of ether oxygens (including phenoxy) is 1. The average molecular weight is 287 g/mol. The van der Waals surface area contributed by atoms with Crippen molar-refractivity contribution in [1.82, 2.24) is 15.3 Å². The molecular formula is C16H21N3O2. The first-order valence-electron chi connectivity index (χ1n) is 6.98. The Kier molecular flexibility index (Phi) is 4.75. The fraction of sp³-hybridized carbons (Fsp3) is 0.375. The molecule has 2 aromatic rings. The highest BCUT2D eigenvalue weighted by Crippen LogP contribution is 2.27. The summed E-state index contributed by atoms with van der Waals surface area (Å²) in [5, 5.41) is 3.26. The van der Waals surface area contributed by atoms with Crippen molar-refractivity contribution in [2.75, 3.05) is 7.11 Å². The Balaban J connectivity index is 2.42. The van der Waals surface area contributed by atoms with E-state index in [1.165, 1.54) is 6.07 Å². The van der Waals surface area contributed by atoms with Gasteiger partial charge in [0, 0.05) is 18.7 Å². The molecule has 0 saturated heterocycles. The second-order valence-electron chi connectivity index (χ2n) is 5.32. The van der Waals surface area contributed by atoms with Crippen molar-refractivity contribution >= 4 is 0 Å². The molecule has 21 heavy (non-hydrogen) atoms. The number of aryl methyl sites for hydroxylation is 1. The lowest BCUT2D eigenvalue weighted by Gasteiger charge is -2.11. The number of rotatable bonds is 5. The predicted octanol–water partition coefficient (Wildman–Crippen LogP) is 2.25. The molecule has 112 valence electrons. The van der Waals surface area contributed by atoms with Gasteiger partial charge in [-0.15, -0.1) is 0 Å². The normalized spacial score (nSPS) is 10.9. The molecule has 0 aliphatic heterocycles. The van der Waals surface area contributed by atoms with Crippen LogP contribution in [0.5, 0.6) is 5.75 Å². The van der Waals surface area contributed by atoms with E-state index >= 15 is 0 Å². The van der Waals surface area contributed by atoms with Crippen molar-refractivity contribution in [1.29, 1.82) is 0 Å². The summed E-state index contributed by atoms with van der Waals surface area (Å²) in [5.74, 6) is 1.23. The summed E-state index contributed by atoms with van der Waals surface area (Å²) in [7, 11) is 1.61. The lowest BCUT2D eigenvalue weighted by atomic mass is 10.1. The van der Waals surface area contributed by atoms with E-state index in [1.54, 1.807) is 7.11 Å². The maximum Gasteiger partial charge on any atom is 0.251 e. The molecular weight excluding hydrogens is 266 g/mol. The van der Waals surface area contributed by atoms with Crippen molar-refractivity contribution in [3.63, 3.8) is 0 Å². The van der Waals surface area contributed by atoms with Crippen LogP contribution in [0.3, 0.4) is 0 Å². The van der Waals surface area contributed by atoms with Crippen LogP contribution in [-0.4, -0.2) is 23.1 Å². The summed E-state index contributed by atoms with van der Waals surface area (Å²) < 4.78 is 5.38. The van der Waals surface area contributed by atoms with E-state index in [-0.39, 0.29) is 5.56 Å². The van der Waals surface area contributed by atoms with Crippen LogP contribution in [0.1, 0.15) is 25.1 Å². The van der Waals surface area contributed by atoms with Crippen LogP contribution in [0.2, 0.25) is 0 Å². The van der Waals surface area contributed by atoms with Gasteiger partial charge in [-0.25, -0.2) is 4.98 Å². The summed E-state index contributed by atoms with van der Waals surface area (Å²) in [6.45, 7) is 6.66. The third-order valence-corrected chi connectivity index (χ3v) is 3.10. The Morgan fingerprint density at radius 1 is 1.33 bits per heavy atom. The van der Waals surface area contributed by atoms with Gasteiger partial charge in [-0.05, 0) is 24.6 Å². The van der Waals surface area contributed by atoms with Gasteiger partial charge in [0.2, 0.25) is 0 Å². The molecule has 0 aliphatic rings. The molecule has 2 N–H and O–H groups in total. The zero-order chi connectivity index (χ0) is 15.4. The Morgan fingerprint density at radius 2 is 2.10 bits per heavy atom. The van der Waals surface area contributed by atoms with Gasteiger partial charge in [-0.3, -0.25) is 4.79 Å². The van der Waals surface area contributed by atoms with Gasteiger partial charge in [0.05, 0.1) is 18.4 Å². The number of nitrogens with zero attached hydrogens (tertiary/aromatic N) is 1. The van der Waals surface area contributed by atoms with Crippen LogP contribution < -0.4 is 15.6 Å². The molecule has 5 heteroatoms. The maximum atomic E-state index is 11.8. The second kappa shape index (κ2) is 6.54. The van der Waals surface area contributed by atoms with Gasteiger partial charge in [-0.2, -0.15) is 0 Å². The second-order valence-corrected chi connectivity index (χ2v) is 5.32. The van der Waals surface area contributed by atoms with Crippen LogP contribution in [0.25, 0.3) is 11.4 Å². The highest BCUT2D eigenvalue weighted by molar-refractivity contribution is 5.64. The van der Waals surface area contributed by atoms with Crippen molar-refractivity contribution in [3.8, 4) is 17.1 Å². The molecule has 1 aromatic carbocycles. The van der Waals surface area contributed by atoms with Crippen LogP contribution in [0.4, 0.5) is 0 Å². The van der Waals surface area contributed by atoms with Gasteiger partial charge >= 0.3 is 0 Å². The molecule has 1 heterocycles. The molecule has 0 saturated carbocycles. The van der Waals surface area contributed by atoms with Crippen molar-refractivity contribution < 1.29 is 4.74 Å². The van der Waals surface area contributed by atoms with Crippen molar-refractivity contribution in [3.05, 3.63) is 45.9 Å². The van der Waals surface area contributed by atoms with E-state index in [4.69, 9.17) is 4.74 Å². The molecule has 0 atom stereocenters. The summed E-state index contributed by atoms with van der Waals surface area (Å²) in [4.78, 5) is 19.1. The molecule has 0 fully saturated rings. The van der Waals surface area contributed by atoms with E-state index < -0.39 is 0 Å². The van der Waals surface area contributed by atoms with Crippen LogP contribution >= 0.6 is 0 Å². The zero-order valence-corrected chi connectivity index (χ0v) is 12.9. The van der Waals surface area contributed by atoms with E-state index in [0.29, 0.717) is 29.9 Å². The molecule has 2 rings (SSSR count). The molecule has 5 nitrogen and oxygen atoms in total. The first kappa shape index (κ1) is 15.3. The van der Waals surface area contributed by atoms with E-state index in [9.17, 15) is 4.79 Å². The SMILES string of the molecule is COc1cc(C)ccc1-c1nc(CNC(C)C)cc(=O)[nH]1. The smallest absolute Gasteiger partial charge is 0.251 e.